The number of nitrogens with zero attached hydrogens (tertiary/aromatic N) is 1. The van der Waals surface area contributed by atoms with Crippen molar-refractivity contribution in [2.75, 3.05) is 6.54 Å². The number of nitrogens with one attached hydrogen (secondary N) is 1. The van der Waals surface area contributed by atoms with Gasteiger partial charge in [0.15, 0.2) is 0 Å². The van der Waals surface area contributed by atoms with E-state index in [1.807, 2.05) is 0 Å². The molecule has 0 saturated heterocycles. The third kappa shape index (κ3) is 5.45. The van der Waals surface area contributed by atoms with Gasteiger partial charge in [0, 0.05) is 6.04 Å². The van der Waals surface area contributed by atoms with Crippen molar-refractivity contribution in [2.45, 2.75) is 57.9 Å². The quantitative estimate of drug-likeness (QED) is 0.758. The van der Waals surface area contributed by atoms with Gasteiger partial charge in [-0.2, -0.15) is 13.2 Å². The van der Waals surface area contributed by atoms with Crippen LogP contribution in [0.5, 0.6) is 0 Å². The standard InChI is InChI=1S/C19H26F3N3O2/c1-11(2)17(23)18(27)24-10-16(26)25(15-7-8-15)12(3)13-5-4-6-14(9-13)19(20,21)22/h4-6,9,11-12,15,17H,7-8,10,23H2,1-3H3,(H,24,27)/t12?,17-/m0/s1. The maximum absolute atomic E-state index is 13.0. The van der Waals surface area contributed by atoms with E-state index in [0.29, 0.717) is 5.56 Å². The van der Waals surface area contributed by atoms with Gasteiger partial charge in [-0.15, -0.1) is 0 Å². The molecule has 0 aromatic heterocycles. The molecule has 1 aliphatic carbocycles. The highest BCUT2D eigenvalue weighted by atomic mass is 19.4. The number of carbonyl (C=O) groups is 2. The van der Waals surface area contributed by atoms with E-state index >= 15 is 0 Å². The summed E-state index contributed by atoms with van der Waals surface area (Å²) in [7, 11) is 0. The first-order valence-corrected chi connectivity index (χ1v) is 9.04. The molecule has 1 aromatic rings. The number of benzene rings is 1. The minimum atomic E-state index is -4.44. The van der Waals surface area contributed by atoms with Crippen molar-refractivity contribution < 1.29 is 22.8 Å². The summed E-state index contributed by atoms with van der Waals surface area (Å²) in [6, 6.07) is 3.74. The molecule has 0 aliphatic heterocycles. The summed E-state index contributed by atoms with van der Waals surface area (Å²) >= 11 is 0. The van der Waals surface area contributed by atoms with E-state index in [9.17, 15) is 22.8 Å². The zero-order valence-corrected chi connectivity index (χ0v) is 15.7. The molecule has 2 amide bonds. The Hall–Kier alpha value is -2.09. The number of hydrogen-bond acceptors (Lipinski definition) is 3. The highest BCUT2D eigenvalue weighted by Gasteiger charge is 2.37. The molecule has 27 heavy (non-hydrogen) atoms. The molecular formula is C19H26F3N3O2. The Morgan fingerprint density at radius 3 is 2.41 bits per heavy atom. The SMILES string of the molecule is CC(C)[C@H](N)C(=O)NCC(=O)N(C1CC1)C(C)c1cccc(C(F)(F)F)c1. The maximum Gasteiger partial charge on any atom is 0.416 e. The van der Waals surface area contributed by atoms with E-state index in [-0.39, 0.29) is 24.4 Å². The Balaban J connectivity index is 2.10. The topological polar surface area (TPSA) is 75.4 Å². The lowest BCUT2D eigenvalue weighted by Crippen LogP contribution is -2.48. The van der Waals surface area contributed by atoms with Crippen LogP contribution in [0.3, 0.4) is 0 Å². The number of rotatable bonds is 7. The Bertz CT molecular complexity index is 687. The van der Waals surface area contributed by atoms with Crippen LogP contribution >= 0.6 is 0 Å². The van der Waals surface area contributed by atoms with Crippen LogP contribution in [0.4, 0.5) is 13.2 Å². The van der Waals surface area contributed by atoms with Gasteiger partial charge < -0.3 is 16.0 Å². The molecule has 1 unspecified atom stereocenters. The molecule has 1 aromatic carbocycles. The number of nitrogens with two attached hydrogens (primary N) is 1. The van der Waals surface area contributed by atoms with Crippen molar-refractivity contribution in [3.05, 3.63) is 35.4 Å². The van der Waals surface area contributed by atoms with Crippen LogP contribution in [0.1, 0.15) is 50.8 Å². The minimum absolute atomic E-state index is 0.0160. The fourth-order valence-corrected chi connectivity index (χ4v) is 2.90. The number of halogens is 3. The summed E-state index contributed by atoms with van der Waals surface area (Å²) in [4.78, 5) is 26.2. The van der Waals surface area contributed by atoms with Gasteiger partial charge in [-0.3, -0.25) is 9.59 Å². The predicted octanol–water partition coefficient (Wildman–Crippen LogP) is 2.86. The molecule has 0 bridgehead atoms. The van der Waals surface area contributed by atoms with Gasteiger partial charge >= 0.3 is 6.18 Å². The average molecular weight is 385 g/mol. The van der Waals surface area contributed by atoms with Gasteiger partial charge in [0.2, 0.25) is 11.8 Å². The van der Waals surface area contributed by atoms with Gasteiger partial charge in [-0.25, -0.2) is 0 Å². The molecular weight excluding hydrogens is 359 g/mol. The Morgan fingerprint density at radius 2 is 1.89 bits per heavy atom. The molecule has 0 radical (unpaired) electrons. The first kappa shape index (κ1) is 21.2. The fourth-order valence-electron chi connectivity index (χ4n) is 2.90. The number of amides is 2. The Kier molecular flexibility index (Phi) is 6.51. The van der Waals surface area contributed by atoms with Gasteiger partial charge in [-0.1, -0.05) is 26.0 Å². The Morgan fingerprint density at radius 1 is 1.26 bits per heavy atom. The molecule has 1 aliphatic rings. The fraction of sp³-hybridized carbons (Fsp3) is 0.579. The lowest BCUT2D eigenvalue weighted by Gasteiger charge is -2.30. The first-order chi connectivity index (χ1) is 12.5. The lowest BCUT2D eigenvalue weighted by atomic mass is 10.0. The van der Waals surface area contributed by atoms with E-state index in [0.717, 1.165) is 25.0 Å². The summed E-state index contributed by atoms with van der Waals surface area (Å²) in [5.41, 5.74) is 5.43. The first-order valence-electron chi connectivity index (χ1n) is 9.04. The van der Waals surface area contributed by atoms with Crippen molar-refractivity contribution in [3.63, 3.8) is 0 Å². The summed E-state index contributed by atoms with van der Waals surface area (Å²) in [6.07, 6.45) is -2.84. The second-order valence-corrected chi connectivity index (χ2v) is 7.32. The lowest BCUT2D eigenvalue weighted by molar-refractivity contribution is -0.137. The third-order valence-corrected chi connectivity index (χ3v) is 4.78. The highest BCUT2D eigenvalue weighted by Crippen LogP contribution is 2.36. The molecule has 150 valence electrons. The molecule has 3 N–H and O–H groups in total. The van der Waals surface area contributed by atoms with E-state index < -0.39 is 29.7 Å². The van der Waals surface area contributed by atoms with Crippen LogP contribution in [0, 0.1) is 5.92 Å². The molecule has 1 fully saturated rings. The normalized spacial score (nSPS) is 16.7. The zero-order valence-electron chi connectivity index (χ0n) is 15.7. The van der Waals surface area contributed by atoms with Crippen LogP contribution in [-0.4, -0.2) is 35.3 Å². The zero-order chi connectivity index (χ0) is 20.4. The van der Waals surface area contributed by atoms with Crippen molar-refractivity contribution in [1.82, 2.24) is 10.2 Å². The van der Waals surface area contributed by atoms with E-state index in [2.05, 4.69) is 5.32 Å². The largest absolute Gasteiger partial charge is 0.416 e. The monoisotopic (exact) mass is 385 g/mol. The molecule has 2 atom stereocenters. The van der Waals surface area contributed by atoms with Crippen molar-refractivity contribution in [3.8, 4) is 0 Å². The van der Waals surface area contributed by atoms with E-state index in [1.165, 1.54) is 6.07 Å². The highest BCUT2D eigenvalue weighted by molar-refractivity contribution is 5.87. The van der Waals surface area contributed by atoms with Crippen molar-refractivity contribution in [2.24, 2.45) is 11.7 Å². The van der Waals surface area contributed by atoms with E-state index in [4.69, 9.17) is 5.73 Å². The molecule has 0 spiro atoms. The van der Waals surface area contributed by atoms with Crippen LogP contribution < -0.4 is 11.1 Å². The maximum atomic E-state index is 13.0. The van der Waals surface area contributed by atoms with Crippen LogP contribution in [0.15, 0.2) is 24.3 Å². The summed E-state index contributed by atoms with van der Waals surface area (Å²) in [5.74, 6) is -0.809. The van der Waals surface area contributed by atoms with Gasteiger partial charge in [0.25, 0.3) is 0 Å². The molecule has 1 saturated carbocycles. The third-order valence-electron chi connectivity index (χ3n) is 4.78. The number of carbonyl (C=O) groups excluding carboxylic acids is 2. The van der Waals surface area contributed by atoms with Crippen molar-refractivity contribution >= 4 is 11.8 Å². The van der Waals surface area contributed by atoms with Gasteiger partial charge in [0.05, 0.1) is 24.2 Å². The second kappa shape index (κ2) is 8.29. The molecule has 5 nitrogen and oxygen atoms in total. The minimum Gasteiger partial charge on any atom is -0.346 e. The second-order valence-electron chi connectivity index (χ2n) is 7.32. The van der Waals surface area contributed by atoms with Crippen molar-refractivity contribution in [1.29, 1.82) is 0 Å². The summed E-state index contributed by atoms with van der Waals surface area (Å²) in [6.45, 7) is 5.09. The summed E-state index contributed by atoms with van der Waals surface area (Å²) in [5, 5.41) is 2.53. The van der Waals surface area contributed by atoms with Gasteiger partial charge in [0.1, 0.15) is 0 Å². The molecule has 2 rings (SSSR count). The molecule has 8 heteroatoms. The smallest absolute Gasteiger partial charge is 0.346 e. The summed E-state index contributed by atoms with van der Waals surface area (Å²) < 4.78 is 38.9. The van der Waals surface area contributed by atoms with Crippen LogP contribution in [0.2, 0.25) is 0 Å². The predicted molar refractivity (Wildman–Crippen MR) is 95.6 cm³/mol. The average Bonchev–Trinajstić information content (AvgIpc) is 3.43. The van der Waals surface area contributed by atoms with Crippen LogP contribution in [0.25, 0.3) is 0 Å². The number of hydrogen-bond donors (Lipinski definition) is 2. The molecule has 0 heterocycles. The number of alkyl halides is 3. The Labute approximate surface area is 157 Å². The van der Waals surface area contributed by atoms with Crippen LogP contribution in [-0.2, 0) is 15.8 Å². The van der Waals surface area contributed by atoms with Gasteiger partial charge in [-0.05, 0) is 43.4 Å². The van der Waals surface area contributed by atoms with E-state index in [1.54, 1.807) is 31.7 Å².